The van der Waals surface area contributed by atoms with Gasteiger partial charge in [-0.25, -0.2) is 4.68 Å². The summed E-state index contributed by atoms with van der Waals surface area (Å²) in [7, 11) is 0. The molecule has 0 saturated carbocycles. The number of aromatic nitrogens is 3. The number of nitrogens with zero attached hydrogens (tertiary/aromatic N) is 4. The van der Waals surface area contributed by atoms with Gasteiger partial charge in [0.05, 0.1) is 19.1 Å². The third kappa shape index (κ3) is 4.17. The third-order valence-corrected chi connectivity index (χ3v) is 2.71. The van der Waals surface area contributed by atoms with Gasteiger partial charge < -0.3 is 0 Å². The zero-order valence-electron chi connectivity index (χ0n) is 12.0. The first-order valence-corrected chi connectivity index (χ1v) is 6.57. The van der Waals surface area contributed by atoms with Gasteiger partial charge in [0.25, 0.3) is 0 Å². The Morgan fingerprint density at radius 1 is 1.05 bits per heavy atom. The van der Waals surface area contributed by atoms with E-state index in [1.807, 2.05) is 30.3 Å². The van der Waals surface area contributed by atoms with Gasteiger partial charge in [0.2, 0.25) is 0 Å². The zero-order chi connectivity index (χ0) is 15.2. The molecule has 0 N–H and O–H groups in total. The molecule has 0 unspecified atom stereocenters. The lowest BCUT2D eigenvalue weighted by Crippen LogP contribution is -2.09. The van der Waals surface area contributed by atoms with E-state index in [0.29, 0.717) is 11.6 Å². The van der Waals surface area contributed by atoms with Gasteiger partial charge >= 0.3 is 0 Å². The fourth-order valence-electron chi connectivity index (χ4n) is 1.81. The highest BCUT2D eigenvalue weighted by atomic mass is 16.1. The van der Waals surface area contributed by atoms with E-state index in [1.165, 1.54) is 18.5 Å². The van der Waals surface area contributed by atoms with E-state index in [1.54, 1.807) is 6.21 Å². The molecule has 1 aromatic carbocycles. The van der Waals surface area contributed by atoms with Gasteiger partial charge in [-0.2, -0.15) is 5.10 Å². The molecule has 0 bridgehead atoms. The van der Waals surface area contributed by atoms with Crippen LogP contribution >= 0.6 is 0 Å². The van der Waals surface area contributed by atoms with Crippen LogP contribution in [-0.2, 0) is 22.4 Å². The highest BCUT2D eigenvalue weighted by Crippen LogP contribution is 2.06. The van der Waals surface area contributed by atoms with Crippen molar-refractivity contribution in [2.75, 3.05) is 0 Å². The van der Waals surface area contributed by atoms with E-state index in [2.05, 4.69) is 15.3 Å². The first-order valence-electron chi connectivity index (χ1n) is 6.57. The van der Waals surface area contributed by atoms with Crippen molar-refractivity contribution in [2.24, 2.45) is 5.10 Å². The van der Waals surface area contributed by atoms with E-state index in [4.69, 9.17) is 0 Å². The largest absolute Gasteiger partial charge is 0.300 e. The molecule has 0 saturated heterocycles. The Labute approximate surface area is 122 Å². The average Bonchev–Trinajstić information content (AvgIpc) is 2.78. The number of rotatable bonds is 6. The summed E-state index contributed by atoms with van der Waals surface area (Å²) < 4.78 is 1.47. The Kier molecular flexibility index (Phi) is 4.71. The summed E-state index contributed by atoms with van der Waals surface area (Å²) >= 11 is 0. The molecular formula is C15H16N4O2. The Hall–Kier alpha value is -2.63. The number of carbonyl (C=O) groups is 2. The van der Waals surface area contributed by atoms with Crippen molar-refractivity contribution in [1.82, 2.24) is 14.9 Å². The smallest absolute Gasteiger partial charge is 0.161 e. The Bertz CT molecular complexity index is 641. The van der Waals surface area contributed by atoms with Crippen LogP contribution in [0.25, 0.3) is 0 Å². The second-order valence-corrected chi connectivity index (χ2v) is 4.76. The number of Topliss-reactive ketones (excluding diaryl/α,β-unsaturated/α-hetero) is 2. The maximum absolute atomic E-state index is 11.3. The number of hydrogen-bond acceptors (Lipinski definition) is 5. The minimum absolute atomic E-state index is 0.0343. The maximum atomic E-state index is 11.3. The van der Waals surface area contributed by atoms with Crippen molar-refractivity contribution in [3.8, 4) is 0 Å². The van der Waals surface area contributed by atoms with Crippen LogP contribution in [-0.4, -0.2) is 32.7 Å². The van der Waals surface area contributed by atoms with Crippen LogP contribution in [0.2, 0.25) is 0 Å². The minimum atomic E-state index is -0.0343. The van der Waals surface area contributed by atoms with Crippen LogP contribution in [0.5, 0.6) is 0 Å². The first-order chi connectivity index (χ1) is 10.1. The zero-order valence-corrected chi connectivity index (χ0v) is 12.0. The summed E-state index contributed by atoms with van der Waals surface area (Å²) in [5, 5.41) is 12.2. The van der Waals surface area contributed by atoms with Crippen LogP contribution in [0.1, 0.15) is 31.1 Å². The molecule has 1 heterocycles. The topological polar surface area (TPSA) is 77.2 Å². The molecule has 1 aromatic heterocycles. The summed E-state index contributed by atoms with van der Waals surface area (Å²) in [5.41, 5.74) is 0.911. The van der Waals surface area contributed by atoms with Crippen LogP contribution < -0.4 is 0 Å². The van der Waals surface area contributed by atoms with Crippen molar-refractivity contribution >= 4 is 17.8 Å². The van der Waals surface area contributed by atoms with Crippen molar-refractivity contribution in [3.05, 3.63) is 47.5 Å². The molecule has 0 atom stereocenters. The van der Waals surface area contributed by atoms with Crippen LogP contribution in [0.3, 0.4) is 0 Å². The third-order valence-electron chi connectivity index (χ3n) is 2.71. The van der Waals surface area contributed by atoms with Gasteiger partial charge in [-0.1, -0.05) is 30.3 Å². The molecule has 6 nitrogen and oxygen atoms in total. The maximum Gasteiger partial charge on any atom is 0.161 e. The Morgan fingerprint density at radius 2 is 1.57 bits per heavy atom. The molecule has 0 amide bonds. The van der Waals surface area contributed by atoms with Gasteiger partial charge in [-0.15, -0.1) is 10.2 Å². The monoisotopic (exact) mass is 284 g/mol. The second kappa shape index (κ2) is 6.69. The lowest BCUT2D eigenvalue weighted by atomic mass is 10.2. The molecule has 21 heavy (non-hydrogen) atoms. The Balaban J connectivity index is 2.33. The molecule has 0 aliphatic rings. The van der Waals surface area contributed by atoms with Crippen molar-refractivity contribution in [2.45, 2.75) is 26.7 Å². The van der Waals surface area contributed by atoms with E-state index in [-0.39, 0.29) is 24.4 Å². The van der Waals surface area contributed by atoms with Crippen LogP contribution in [0, 0.1) is 0 Å². The summed E-state index contributed by atoms with van der Waals surface area (Å²) in [4.78, 5) is 22.5. The fourth-order valence-corrected chi connectivity index (χ4v) is 1.81. The molecule has 0 spiro atoms. The molecule has 0 fully saturated rings. The highest BCUT2D eigenvalue weighted by Gasteiger charge is 2.14. The molecular weight excluding hydrogens is 268 g/mol. The molecule has 0 aliphatic carbocycles. The first kappa shape index (κ1) is 14.8. The second-order valence-electron chi connectivity index (χ2n) is 4.76. The quantitative estimate of drug-likeness (QED) is 0.752. The standard InChI is InChI=1S/C15H16N4O2/c1-11(20)8-14-17-18-15(9-12(2)21)19(14)16-10-13-6-4-3-5-7-13/h3-7,10H,8-9H2,1-2H3. The lowest BCUT2D eigenvalue weighted by Gasteiger charge is -2.02. The van der Waals surface area contributed by atoms with E-state index >= 15 is 0 Å². The Morgan fingerprint density at radius 3 is 2.05 bits per heavy atom. The van der Waals surface area contributed by atoms with E-state index in [9.17, 15) is 9.59 Å². The van der Waals surface area contributed by atoms with Gasteiger partial charge in [0.15, 0.2) is 11.6 Å². The average molecular weight is 284 g/mol. The number of ketones is 2. The summed E-state index contributed by atoms with van der Waals surface area (Å²) in [5.74, 6) is 0.803. The summed E-state index contributed by atoms with van der Waals surface area (Å²) in [6, 6.07) is 9.53. The molecule has 108 valence electrons. The fraction of sp³-hybridized carbons (Fsp3) is 0.267. The number of carbonyl (C=O) groups excluding carboxylic acids is 2. The predicted molar refractivity (Wildman–Crippen MR) is 78.2 cm³/mol. The van der Waals surface area contributed by atoms with Crippen LogP contribution in [0.4, 0.5) is 0 Å². The molecule has 2 aromatic rings. The van der Waals surface area contributed by atoms with Crippen LogP contribution in [0.15, 0.2) is 35.4 Å². The summed E-state index contributed by atoms with van der Waals surface area (Å²) in [6.07, 6.45) is 1.92. The normalized spacial score (nSPS) is 11.0. The lowest BCUT2D eigenvalue weighted by molar-refractivity contribution is -0.117. The van der Waals surface area contributed by atoms with E-state index < -0.39 is 0 Å². The summed E-state index contributed by atoms with van der Waals surface area (Å²) in [6.45, 7) is 2.95. The van der Waals surface area contributed by atoms with Gasteiger partial charge in [-0.3, -0.25) is 9.59 Å². The highest BCUT2D eigenvalue weighted by molar-refractivity contribution is 5.80. The number of hydrogen-bond donors (Lipinski definition) is 0. The molecule has 0 aliphatic heterocycles. The van der Waals surface area contributed by atoms with Gasteiger partial charge in [0, 0.05) is 0 Å². The van der Waals surface area contributed by atoms with Crippen molar-refractivity contribution in [1.29, 1.82) is 0 Å². The minimum Gasteiger partial charge on any atom is -0.300 e. The molecule has 2 rings (SSSR count). The number of benzene rings is 1. The van der Waals surface area contributed by atoms with Crippen molar-refractivity contribution < 1.29 is 9.59 Å². The van der Waals surface area contributed by atoms with Gasteiger partial charge in [0.1, 0.15) is 11.6 Å². The SMILES string of the molecule is CC(=O)Cc1nnc(CC(C)=O)n1N=Cc1ccccc1. The van der Waals surface area contributed by atoms with Crippen molar-refractivity contribution in [3.63, 3.8) is 0 Å². The molecule has 0 radical (unpaired) electrons. The molecule has 6 heteroatoms. The predicted octanol–water partition coefficient (Wildman–Crippen LogP) is 1.42. The van der Waals surface area contributed by atoms with E-state index in [0.717, 1.165) is 5.56 Å². The van der Waals surface area contributed by atoms with Gasteiger partial charge in [-0.05, 0) is 19.4 Å².